The molecule has 19 heavy (non-hydrogen) atoms. The highest BCUT2D eigenvalue weighted by Gasteiger charge is 2.23. The summed E-state index contributed by atoms with van der Waals surface area (Å²) in [6, 6.07) is 6.09. The van der Waals surface area contributed by atoms with Gasteiger partial charge in [0.1, 0.15) is 0 Å². The first kappa shape index (κ1) is 14.0. The number of nitrogens with zero attached hydrogens (tertiary/aromatic N) is 1. The predicted octanol–water partition coefficient (Wildman–Crippen LogP) is 1.63. The maximum absolute atomic E-state index is 11.5. The smallest absolute Gasteiger partial charge is 0.223 e. The molecule has 104 valence electrons. The van der Waals surface area contributed by atoms with E-state index in [1.165, 1.54) is 5.56 Å². The van der Waals surface area contributed by atoms with Crippen LogP contribution in [-0.4, -0.2) is 30.7 Å². The molecule has 1 unspecified atom stereocenters. The van der Waals surface area contributed by atoms with Gasteiger partial charge < -0.3 is 15.3 Å². The third-order valence-corrected chi connectivity index (χ3v) is 3.60. The highest BCUT2D eigenvalue weighted by Crippen LogP contribution is 2.30. The van der Waals surface area contributed by atoms with Crippen molar-refractivity contribution in [3.8, 4) is 0 Å². The van der Waals surface area contributed by atoms with Gasteiger partial charge in [-0.05, 0) is 36.6 Å². The normalized spacial score (nSPS) is 15.4. The maximum Gasteiger partial charge on any atom is 0.223 e. The van der Waals surface area contributed by atoms with Gasteiger partial charge in [-0.2, -0.15) is 0 Å². The summed E-state index contributed by atoms with van der Waals surface area (Å²) in [6.07, 6.45) is 1.94. The molecule has 1 aromatic rings. The Labute approximate surface area is 114 Å². The van der Waals surface area contributed by atoms with E-state index in [4.69, 9.17) is 0 Å². The van der Waals surface area contributed by atoms with Crippen molar-refractivity contribution in [2.75, 3.05) is 24.6 Å². The number of nitrogens with one attached hydrogen (secondary N) is 1. The van der Waals surface area contributed by atoms with Crippen LogP contribution in [0.25, 0.3) is 0 Å². The van der Waals surface area contributed by atoms with Gasteiger partial charge in [0.25, 0.3) is 0 Å². The number of benzene rings is 1. The lowest BCUT2D eigenvalue weighted by Gasteiger charge is -2.19. The Morgan fingerprint density at radius 3 is 2.95 bits per heavy atom. The Kier molecular flexibility index (Phi) is 4.56. The molecule has 0 saturated heterocycles. The van der Waals surface area contributed by atoms with Crippen LogP contribution in [0.1, 0.15) is 37.4 Å². The topological polar surface area (TPSA) is 52.6 Å². The molecule has 1 aliphatic heterocycles. The largest absolute Gasteiger partial charge is 0.394 e. The summed E-state index contributed by atoms with van der Waals surface area (Å²) < 4.78 is 0. The fourth-order valence-electron chi connectivity index (χ4n) is 2.57. The molecule has 1 aliphatic rings. The number of rotatable bonds is 5. The maximum atomic E-state index is 11.5. The Bertz CT molecular complexity index is 459. The Hall–Kier alpha value is -1.39. The van der Waals surface area contributed by atoms with E-state index in [-0.39, 0.29) is 18.6 Å². The molecule has 0 aliphatic carbocycles. The number of carbonyl (C=O) groups is 1. The summed E-state index contributed by atoms with van der Waals surface area (Å²) in [5, 5.41) is 12.8. The Morgan fingerprint density at radius 1 is 1.53 bits per heavy atom. The molecule has 4 nitrogen and oxygen atoms in total. The van der Waals surface area contributed by atoms with Crippen LogP contribution < -0.4 is 10.2 Å². The minimum absolute atomic E-state index is 0.0170. The fraction of sp³-hybridized carbons (Fsp3) is 0.533. The molecule has 1 aromatic carbocycles. The van der Waals surface area contributed by atoms with Crippen molar-refractivity contribution in [1.82, 2.24) is 5.32 Å². The summed E-state index contributed by atoms with van der Waals surface area (Å²) in [5.41, 5.74) is 3.31. The summed E-state index contributed by atoms with van der Waals surface area (Å²) >= 11 is 0. The van der Waals surface area contributed by atoms with E-state index in [1.807, 2.05) is 17.0 Å². The molecule has 0 radical (unpaired) electrons. The minimum Gasteiger partial charge on any atom is -0.394 e. The quantitative estimate of drug-likeness (QED) is 0.848. The van der Waals surface area contributed by atoms with Gasteiger partial charge in [0.15, 0.2) is 0 Å². The van der Waals surface area contributed by atoms with Crippen molar-refractivity contribution in [3.05, 3.63) is 29.3 Å². The van der Waals surface area contributed by atoms with Crippen molar-refractivity contribution in [2.45, 2.75) is 32.7 Å². The number of aliphatic hydroxyl groups excluding tert-OH is 1. The fourth-order valence-corrected chi connectivity index (χ4v) is 2.57. The molecule has 1 atom stereocenters. The molecule has 0 bridgehead atoms. The average molecular weight is 262 g/mol. The zero-order valence-electron chi connectivity index (χ0n) is 11.6. The lowest BCUT2D eigenvalue weighted by Crippen LogP contribution is -2.26. The molecule has 0 spiro atoms. The zero-order valence-corrected chi connectivity index (χ0v) is 11.6. The third-order valence-electron chi connectivity index (χ3n) is 3.60. The van der Waals surface area contributed by atoms with Crippen molar-refractivity contribution in [1.29, 1.82) is 0 Å². The second-order valence-electron chi connectivity index (χ2n) is 5.00. The van der Waals surface area contributed by atoms with Gasteiger partial charge in [-0.15, -0.1) is 0 Å². The Balaban J connectivity index is 2.19. The van der Waals surface area contributed by atoms with Crippen LogP contribution in [0.15, 0.2) is 18.2 Å². The third kappa shape index (κ3) is 2.96. The van der Waals surface area contributed by atoms with Crippen molar-refractivity contribution >= 4 is 11.6 Å². The van der Waals surface area contributed by atoms with Crippen LogP contribution >= 0.6 is 0 Å². The summed E-state index contributed by atoms with van der Waals surface area (Å²) in [7, 11) is 0. The summed E-state index contributed by atoms with van der Waals surface area (Å²) in [6.45, 7) is 5.45. The van der Waals surface area contributed by atoms with Crippen LogP contribution in [0, 0.1) is 0 Å². The van der Waals surface area contributed by atoms with Gasteiger partial charge in [-0.1, -0.05) is 19.1 Å². The van der Waals surface area contributed by atoms with E-state index in [0.717, 1.165) is 37.2 Å². The number of amides is 1. The molecular weight excluding hydrogens is 240 g/mol. The lowest BCUT2D eigenvalue weighted by molar-refractivity contribution is -0.116. The number of hydrogen-bond acceptors (Lipinski definition) is 3. The van der Waals surface area contributed by atoms with E-state index < -0.39 is 0 Å². The van der Waals surface area contributed by atoms with Gasteiger partial charge in [0.2, 0.25) is 5.91 Å². The van der Waals surface area contributed by atoms with Crippen LogP contribution in [-0.2, 0) is 11.2 Å². The molecule has 4 heteroatoms. The molecule has 2 rings (SSSR count). The number of hydrogen-bond donors (Lipinski definition) is 2. The summed E-state index contributed by atoms with van der Waals surface area (Å²) in [4.78, 5) is 13.3. The minimum atomic E-state index is -0.0170. The zero-order chi connectivity index (χ0) is 13.8. The van der Waals surface area contributed by atoms with Crippen LogP contribution in [0.4, 0.5) is 5.69 Å². The van der Waals surface area contributed by atoms with Gasteiger partial charge in [-0.25, -0.2) is 0 Å². The first-order chi connectivity index (χ1) is 9.17. The molecule has 0 saturated carbocycles. The number of aliphatic hydroxyl groups is 1. The molecule has 1 heterocycles. The van der Waals surface area contributed by atoms with Crippen LogP contribution in [0.5, 0.6) is 0 Å². The summed E-state index contributed by atoms with van der Waals surface area (Å²) in [5.74, 6) is 0.0920. The average Bonchev–Trinajstić information content (AvgIpc) is 2.82. The monoisotopic (exact) mass is 262 g/mol. The standard InChI is InChI=1S/C15H22N2O2/c1-3-7-16-14(10-18)12-4-5-15-13(9-12)6-8-17(15)11(2)19/h4-5,9,14,16,18H,3,6-8,10H2,1-2H3. The van der Waals surface area contributed by atoms with Gasteiger partial charge in [0, 0.05) is 19.2 Å². The Morgan fingerprint density at radius 2 is 2.32 bits per heavy atom. The van der Waals surface area contributed by atoms with E-state index in [0.29, 0.717) is 0 Å². The van der Waals surface area contributed by atoms with Crippen LogP contribution in [0.2, 0.25) is 0 Å². The number of anilines is 1. The number of carbonyl (C=O) groups excluding carboxylic acids is 1. The first-order valence-electron chi connectivity index (χ1n) is 6.92. The highest BCUT2D eigenvalue weighted by atomic mass is 16.3. The highest BCUT2D eigenvalue weighted by molar-refractivity contribution is 5.93. The van der Waals surface area contributed by atoms with Crippen molar-refractivity contribution in [3.63, 3.8) is 0 Å². The molecule has 0 fully saturated rings. The van der Waals surface area contributed by atoms with Crippen molar-refractivity contribution in [2.24, 2.45) is 0 Å². The van der Waals surface area contributed by atoms with Gasteiger partial charge in [0.05, 0.1) is 12.6 Å². The SMILES string of the molecule is CCCNC(CO)c1ccc2c(c1)CCN2C(C)=O. The molecular formula is C15H22N2O2. The van der Waals surface area contributed by atoms with E-state index in [1.54, 1.807) is 6.92 Å². The van der Waals surface area contributed by atoms with Crippen molar-refractivity contribution < 1.29 is 9.90 Å². The first-order valence-corrected chi connectivity index (χ1v) is 6.92. The van der Waals surface area contributed by atoms with Crippen LogP contribution in [0.3, 0.4) is 0 Å². The van der Waals surface area contributed by atoms with E-state index in [9.17, 15) is 9.90 Å². The number of fused-ring (bicyclic) bond motifs is 1. The van der Waals surface area contributed by atoms with E-state index >= 15 is 0 Å². The van der Waals surface area contributed by atoms with Gasteiger partial charge in [-0.3, -0.25) is 4.79 Å². The molecule has 0 aromatic heterocycles. The lowest BCUT2D eigenvalue weighted by atomic mass is 10.0. The second-order valence-corrected chi connectivity index (χ2v) is 5.00. The predicted molar refractivity (Wildman–Crippen MR) is 76.3 cm³/mol. The second kappa shape index (κ2) is 6.17. The van der Waals surface area contributed by atoms with E-state index in [2.05, 4.69) is 18.3 Å². The molecule has 1 amide bonds. The molecule has 2 N–H and O–H groups in total. The van der Waals surface area contributed by atoms with Gasteiger partial charge >= 0.3 is 0 Å².